The van der Waals surface area contributed by atoms with Crippen LogP contribution in [0.5, 0.6) is 17.2 Å². The number of unbranched alkanes of at least 4 members (excludes halogenated alkanes) is 8. The molecular weight excluding hydrogens is 443 g/mol. The van der Waals surface area contributed by atoms with Crippen LogP contribution in [-0.2, 0) is 4.79 Å². The van der Waals surface area contributed by atoms with E-state index in [1.807, 2.05) is 0 Å². The lowest BCUT2D eigenvalue weighted by atomic mass is 10.1. The van der Waals surface area contributed by atoms with E-state index in [-0.39, 0.29) is 11.7 Å². The molecule has 0 aliphatic rings. The molecule has 30 heavy (non-hydrogen) atoms. The molecule has 0 radical (unpaired) electrons. The van der Waals surface area contributed by atoms with Gasteiger partial charge in [0.05, 0.1) is 5.02 Å². The van der Waals surface area contributed by atoms with Crippen molar-refractivity contribution in [1.82, 2.24) is 0 Å². The van der Waals surface area contributed by atoms with Crippen molar-refractivity contribution in [2.24, 2.45) is 0 Å². The summed E-state index contributed by atoms with van der Waals surface area (Å²) in [5.74, 6) is 0.755. The van der Waals surface area contributed by atoms with E-state index in [0.29, 0.717) is 33.0 Å². The normalized spacial score (nSPS) is 10.8. The first-order chi connectivity index (χ1) is 14.5. The summed E-state index contributed by atoms with van der Waals surface area (Å²) in [5.41, 5.74) is 0. The predicted octanol–water partition coefficient (Wildman–Crippen LogP) is 9.27. The molecule has 0 saturated heterocycles. The predicted molar refractivity (Wildman–Crippen MR) is 125 cm³/mol. The van der Waals surface area contributed by atoms with E-state index in [4.69, 9.17) is 44.3 Å². The fourth-order valence-corrected chi connectivity index (χ4v) is 3.69. The molecule has 6 heteroatoms. The van der Waals surface area contributed by atoms with Gasteiger partial charge in [0.25, 0.3) is 0 Å². The van der Waals surface area contributed by atoms with E-state index in [0.717, 1.165) is 19.3 Å². The van der Waals surface area contributed by atoms with E-state index >= 15 is 0 Å². The Morgan fingerprint density at radius 1 is 0.733 bits per heavy atom. The number of ether oxygens (including phenoxy) is 2. The van der Waals surface area contributed by atoms with Gasteiger partial charge >= 0.3 is 5.97 Å². The lowest BCUT2D eigenvalue weighted by Gasteiger charge is -2.13. The Morgan fingerprint density at radius 3 is 1.93 bits per heavy atom. The van der Waals surface area contributed by atoms with Gasteiger partial charge in [-0.25, -0.2) is 0 Å². The molecule has 0 fully saturated rings. The molecule has 0 aromatic heterocycles. The minimum Gasteiger partial charge on any atom is -0.452 e. The van der Waals surface area contributed by atoms with Crippen LogP contribution >= 0.6 is 34.8 Å². The van der Waals surface area contributed by atoms with E-state index in [9.17, 15) is 4.79 Å². The smallest absolute Gasteiger partial charge is 0.311 e. The van der Waals surface area contributed by atoms with Crippen molar-refractivity contribution >= 4 is 40.8 Å². The average Bonchev–Trinajstić information content (AvgIpc) is 2.70. The first-order valence-electron chi connectivity index (χ1n) is 10.6. The number of carbonyl (C=O) groups is 1. The van der Waals surface area contributed by atoms with Crippen LogP contribution in [0.3, 0.4) is 0 Å². The SMILES string of the molecule is CCCCCCCCCCCC(=O)Oc1cc(Cl)ccc1Oc1ccc(Cl)cc1Cl. The quantitative estimate of drug-likeness (QED) is 0.166. The van der Waals surface area contributed by atoms with Crippen molar-refractivity contribution < 1.29 is 14.3 Å². The second-order valence-corrected chi connectivity index (χ2v) is 8.60. The van der Waals surface area contributed by atoms with Gasteiger partial charge < -0.3 is 9.47 Å². The molecule has 164 valence electrons. The maximum absolute atomic E-state index is 12.3. The lowest BCUT2D eigenvalue weighted by Crippen LogP contribution is -2.08. The summed E-state index contributed by atoms with van der Waals surface area (Å²) in [4.78, 5) is 12.3. The van der Waals surface area contributed by atoms with Crippen molar-refractivity contribution in [1.29, 1.82) is 0 Å². The highest BCUT2D eigenvalue weighted by atomic mass is 35.5. The highest BCUT2D eigenvalue weighted by Crippen LogP contribution is 2.37. The van der Waals surface area contributed by atoms with Crippen molar-refractivity contribution in [2.75, 3.05) is 0 Å². The van der Waals surface area contributed by atoms with Crippen LogP contribution in [0.2, 0.25) is 15.1 Å². The summed E-state index contributed by atoms with van der Waals surface area (Å²) in [6.07, 6.45) is 11.1. The first kappa shape index (κ1) is 24.8. The molecular formula is C24H29Cl3O3. The number of hydrogen-bond acceptors (Lipinski definition) is 3. The van der Waals surface area contributed by atoms with Gasteiger partial charge in [0.1, 0.15) is 5.75 Å². The Hall–Kier alpha value is -1.42. The number of hydrogen-bond donors (Lipinski definition) is 0. The zero-order chi connectivity index (χ0) is 21.8. The summed E-state index contributed by atoms with van der Waals surface area (Å²) in [5, 5.41) is 1.33. The number of esters is 1. The minimum atomic E-state index is -0.299. The molecule has 0 bridgehead atoms. The fraction of sp³-hybridized carbons (Fsp3) is 0.458. The standard InChI is InChI=1S/C24H29Cl3O3/c1-2-3-4-5-6-7-8-9-10-11-24(28)30-23-17-19(26)13-15-22(23)29-21-14-12-18(25)16-20(21)27/h12-17H,2-11H2,1H3. The van der Waals surface area contributed by atoms with Crippen molar-refractivity contribution in [3.63, 3.8) is 0 Å². The number of carbonyl (C=O) groups excluding carboxylic acids is 1. The molecule has 0 spiro atoms. The second kappa shape index (κ2) is 13.8. The summed E-state index contributed by atoms with van der Waals surface area (Å²) < 4.78 is 11.3. The zero-order valence-corrected chi connectivity index (χ0v) is 19.7. The average molecular weight is 472 g/mol. The van der Waals surface area contributed by atoms with Crippen LogP contribution in [0.15, 0.2) is 36.4 Å². The summed E-state index contributed by atoms with van der Waals surface area (Å²) in [6.45, 7) is 2.23. The van der Waals surface area contributed by atoms with E-state index in [2.05, 4.69) is 6.92 Å². The molecule has 0 atom stereocenters. The third kappa shape index (κ3) is 9.16. The molecule has 2 rings (SSSR count). The van der Waals surface area contributed by atoms with Crippen molar-refractivity contribution in [2.45, 2.75) is 71.1 Å². The second-order valence-electron chi connectivity index (χ2n) is 7.32. The maximum Gasteiger partial charge on any atom is 0.311 e. The fourth-order valence-electron chi connectivity index (χ4n) is 3.08. The third-order valence-electron chi connectivity index (χ3n) is 4.73. The summed E-state index contributed by atoms with van der Waals surface area (Å²) in [7, 11) is 0. The highest BCUT2D eigenvalue weighted by Gasteiger charge is 2.14. The molecule has 0 aliphatic carbocycles. The van der Waals surface area contributed by atoms with Gasteiger partial charge in [0, 0.05) is 22.5 Å². The molecule has 0 amide bonds. The molecule has 2 aromatic rings. The molecule has 0 heterocycles. The van der Waals surface area contributed by atoms with Crippen LogP contribution in [-0.4, -0.2) is 5.97 Å². The highest BCUT2D eigenvalue weighted by molar-refractivity contribution is 6.35. The lowest BCUT2D eigenvalue weighted by molar-refractivity contribution is -0.134. The monoisotopic (exact) mass is 470 g/mol. The van der Waals surface area contributed by atoms with Gasteiger partial charge in [-0.1, -0.05) is 93.1 Å². The Labute approximate surface area is 194 Å². The Balaban J connectivity index is 1.81. The largest absolute Gasteiger partial charge is 0.452 e. The summed E-state index contributed by atoms with van der Waals surface area (Å²) in [6, 6.07) is 9.80. The molecule has 0 N–H and O–H groups in total. The van der Waals surface area contributed by atoms with Gasteiger partial charge in [-0.05, 0) is 36.8 Å². The Morgan fingerprint density at radius 2 is 1.30 bits per heavy atom. The van der Waals surface area contributed by atoms with Crippen LogP contribution in [0, 0.1) is 0 Å². The van der Waals surface area contributed by atoms with Crippen LogP contribution in [0.1, 0.15) is 71.1 Å². The molecule has 0 saturated carbocycles. The first-order valence-corrected chi connectivity index (χ1v) is 11.8. The number of rotatable bonds is 13. The maximum atomic E-state index is 12.3. The Bertz CT molecular complexity index is 808. The van der Waals surface area contributed by atoms with E-state index in [1.165, 1.54) is 38.5 Å². The van der Waals surface area contributed by atoms with Crippen LogP contribution in [0.4, 0.5) is 0 Å². The van der Waals surface area contributed by atoms with Crippen molar-refractivity contribution in [3.05, 3.63) is 51.5 Å². The third-order valence-corrected chi connectivity index (χ3v) is 5.49. The molecule has 0 aliphatic heterocycles. The minimum absolute atomic E-state index is 0.273. The number of halogens is 3. The van der Waals surface area contributed by atoms with Crippen LogP contribution < -0.4 is 9.47 Å². The van der Waals surface area contributed by atoms with Crippen LogP contribution in [0.25, 0.3) is 0 Å². The summed E-state index contributed by atoms with van der Waals surface area (Å²) >= 11 is 18.2. The molecule has 2 aromatic carbocycles. The van der Waals surface area contributed by atoms with Gasteiger partial charge in [-0.3, -0.25) is 4.79 Å². The van der Waals surface area contributed by atoms with Gasteiger partial charge in [0.2, 0.25) is 0 Å². The van der Waals surface area contributed by atoms with E-state index in [1.54, 1.807) is 36.4 Å². The Kier molecular flexibility index (Phi) is 11.4. The topological polar surface area (TPSA) is 35.5 Å². The molecule has 0 unspecified atom stereocenters. The number of benzene rings is 2. The van der Waals surface area contributed by atoms with Gasteiger partial charge in [0.15, 0.2) is 11.5 Å². The zero-order valence-electron chi connectivity index (χ0n) is 17.4. The van der Waals surface area contributed by atoms with Gasteiger partial charge in [-0.15, -0.1) is 0 Å². The molecule has 3 nitrogen and oxygen atoms in total. The van der Waals surface area contributed by atoms with Crippen molar-refractivity contribution in [3.8, 4) is 17.2 Å². The van der Waals surface area contributed by atoms with E-state index < -0.39 is 0 Å². The van der Waals surface area contributed by atoms with Gasteiger partial charge in [-0.2, -0.15) is 0 Å².